The molecule has 7 heteroatoms. The maximum Gasteiger partial charge on any atom is 0.185 e. The highest BCUT2D eigenvalue weighted by Gasteiger charge is 2.25. The Bertz CT molecular complexity index is 553. The van der Waals surface area contributed by atoms with Crippen molar-refractivity contribution in [3.8, 4) is 0 Å². The molecule has 5 nitrogen and oxygen atoms in total. The molecule has 1 aromatic heterocycles. The number of rotatable bonds is 6. The first kappa shape index (κ1) is 16.7. The van der Waals surface area contributed by atoms with Crippen molar-refractivity contribution in [2.75, 3.05) is 36.0 Å². The van der Waals surface area contributed by atoms with Crippen LogP contribution in [0.15, 0.2) is 0 Å². The molecular weight excluding hydrogens is 306 g/mol. The molecule has 2 heterocycles. The van der Waals surface area contributed by atoms with Crippen molar-refractivity contribution in [2.45, 2.75) is 39.7 Å². The maximum atomic E-state index is 11.5. The van der Waals surface area contributed by atoms with Crippen LogP contribution in [0.5, 0.6) is 0 Å². The number of hydrogen-bond donors (Lipinski definition) is 1. The lowest BCUT2D eigenvalue weighted by atomic mass is 10.1. The fourth-order valence-corrected chi connectivity index (χ4v) is 4.78. The molecule has 21 heavy (non-hydrogen) atoms. The number of nitrogens with zero attached hydrogens (tertiary/aromatic N) is 2. The summed E-state index contributed by atoms with van der Waals surface area (Å²) in [5.74, 6) is 0.877. The largest absolute Gasteiger partial charge is 0.346 e. The van der Waals surface area contributed by atoms with E-state index in [4.69, 9.17) is 4.98 Å². The van der Waals surface area contributed by atoms with Crippen molar-refractivity contribution in [3.05, 3.63) is 10.6 Å². The Morgan fingerprint density at radius 3 is 2.57 bits per heavy atom. The van der Waals surface area contributed by atoms with Gasteiger partial charge in [0.25, 0.3) is 0 Å². The van der Waals surface area contributed by atoms with Gasteiger partial charge in [-0.1, -0.05) is 20.8 Å². The lowest BCUT2D eigenvalue weighted by Crippen LogP contribution is -2.40. The minimum absolute atomic E-state index is 0.243. The first-order valence-corrected chi connectivity index (χ1v) is 10.2. The second-order valence-corrected chi connectivity index (χ2v) is 9.14. The van der Waals surface area contributed by atoms with Crippen LogP contribution in [0.1, 0.15) is 43.7 Å². The summed E-state index contributed by atoms with van der Waals surface area (Å²) >= 11 is 1.70. The Labute approximate surface area is 131 Å². The predicted molar refractivity (Wildman–Crippen MR) is 89.1 cm³/mol. The van der Waals surface area contributed by atoms with Gasteiger partial charge < -0.3 is 10.2 Å². The van der Waals surface area contributed by atoms with Gasteiger partial charge in [-0.05, 0) is 18.9 Å². The van der Waals surface area contributed by atoms with E-state index < -0.39 is 9.84 Å². The molecule has 0 spiro atoms. The summed E-state index contributed by atoms with van der Waals surface area (Å²) in [6.45, 7) is 9.45. The molecule has 0 radical (unpaired) electrons. The fourth-order valence-electron chi connectivity index (χ4n) is 2.35. The van der Waals surface area contributed by atoms with E-state index in [2.05, 4.69) is 31.0 Å². The van der Waals surface area contributed by atoms with Crippen LogP contribution in [-0.4, -0.2) is 44.5 Å². The normalized spacial score (nSPS) is 18.4. The van der Waals surface area contributed by atoms with Crippen LogP contribution in [0.2, 0.25) is 0 Å². The van der Waals surface area contributed by atoms with Crippen molar-refractivity contribution >= 4 is 26.3 Å². The van der Waals surface area contributed by atoms with Gasteiger partial charge in [0.2, 0.25) is 0 Å². The van der Waals surface area contributed by atoms with E-state index in [1.165, 1.54) is 4.88 Å². The van der Waals surface area contributed by atoms with Crippen LogP contribution in [0.4, 0.5) is 5.13 Å². The van der Waals surface area contributed by atoms with Crippen LogP contribution in [0.3, 0.4) is 0 Å². The first-order chi connectivity index (χ1) is 9.93. The van der Waals surface area contributed by atoms with Gasteiger partial charge in [0.1, 0.15) is 0 Å². The van der Waals surface area contributed by atoms with E-state index in [-0.39, 0.29) is 11.5 Å². The summed E-state index contributed by atoms with van der Waals surface area (Å²) in [5.41, 5.74) is 1.15. The Balaban J connectivity index is 2.11. The molecule has 0 bridgehead atoms. The van der Waals surface area contributed by atoms with Gasteiger partial charge in [0.05, 0.1) is 17.2 Å². The third-order valence-corrected chi connectivity index (χ3v) is 6.33. The lowest BCUT2D eigenvalue weighted by molar-refractivity contribution is 0.586. The molecule has 2 rings (SSSR count). The molecule has 0 unspecified atom stereocenters. The monoisotopic (exact) mass is 331 g/mol. The third kappa shape index (κ3) is 4.40. The van der Waals surface area contributed by atoms with E-state index in [0.29, 0.717) is 19.0 Å². The topological polar surface area (TPSA) is 62.3 Å². The third-order valence-electron chi connectivity index (χ3n) is 3.59. The number of anilines is 1. The molecule has 1 fully saturated rings. The molecule has 0 amide bonds. The summed E-state index contributed by atoms with van der Waals surface area (Å²) in [7, 11) is -2.84. The van der Waals surface area contributed by atoms with Crippen molar-refractivity contribution in [3.63, 3.8) is 0 Å². The molecule has 0 saturated carbocycles. The maximum absolute atomic E-state index is 11.5. The van der Waals surface area contributed by atoms with Crippen LogP contribution in [0.25, 0.3) is 0 Å². The fraction of sp³-hybridized carbons (Fsp3) is 0.786. The highest BCUT2D eigenvalue weighted by atomic mass is 32.2. The SMILES string of the molecule is CCCNCc1sc(N2CCS(=O)(=O)CC2)nc1C(C)C. The van der Waals surface area contributed by atoms with Crippen molar-refractivity contribution in [1.82, 2.24) is 10.3 Å². The smallest absolute Gasteiger partial charge is 0.185 e. The van der Waals surface area contributed by atoms with Crippen LogP contribution < -0.4 is 10.2 Å². The standard InChI is InChI=1S/C14H25N3O2S2/c1-4-5-15-10-12-13(11(2)3)16-14(20-12)17-6-8-21(18,19)9-7-17/h11,15H,4-10H2,1-3H3. The first-order valence-electron chi connectivity index (χ1n) is 7.58. The second kappa shape index (κ2) is 7.07. The van der Waals surface area contributed by atoms with Gasteiger partial charge in [-0.2, -0.15) is 0 Å². The molecule has 1 aromatic rings. The number of nitrogens with one attached hydrogen (secondary N) is 1. The number of hydrogen-bond acceptors (Lipinski definition) is 6. The van der Waals surface area contributed by atoms with E-state index in [1.807, 2.05) is 0 Å². The Morgan fingerprint density at radius 1 is 1.33 bits per heavy atom. The molecule has 1 aliphatic heterocycles. The summed E-state index contributed by atoms with van der Waals surface area (Å²) in [5, 5.41) is 4.41. The lowest BCUT2D eigenvalue weighted by Gasteiger charge is -2.26. The molecule has 1 N–H and O–H groups in total. The molecular formula is C14H25N3O2S2. The highest BCUT2D eigenvalue weighted by molar-refractivity contribution is 7.91. The predicted octanol–water partition coefficient (Wildman–Crippen LogP) is 2.00. The van der Waals surface area contributed by atoms with E-state index >= 15 is 0 Å². The van der Waals surface area contributed by atoms with Crippen molar-refractivity contribution < 1.29 is 8.42 Å². The average Bonchev–Trinajstić information content (AvgIpc) is 2.83. The van der Waals surface area contributed by atoms with Gasteiger partial charge in [0.15, 0.2) is 15.0 Å². The highest BCUT2D eigenvalue weighted by Crippen LogP contribution is 2.31. The Morgan fingerprint density at radius 2 is 2.00 bits per heavy atom. The minimum Gasteiger partial charge on any atom is -0.346 e. The molecule has 120 valence electrons. The summed E-state index contributed by atoms with van der Waals surface area (Å²) in [4.78, 5) is 8.16. The molecule has 0 aromatic carbocycles. The van der Waals surface area contributed by atoms with Crippen LogP contribution in [-0.2, 0) is 16.4 Å². The van der Waals surface area contributed by atoms with Crippen LogP contribution in [0, 0.1) is 0 Å². The number of aromatic nitrogens is 1. The van der Waals surface area contributed by atoms with E-state index in [9.17, 15) is 8.42 Å². The molecule has 1 saturated heterocycles. The van der Waals surface area contributed by atoms with Gasteiger partial charge in [0, 0.05) is 24.5 Å². The zero-order valence-electron chi connectivity index (χ0n) is 13.1. The second-order valence-electron chi connectivity index (χ2n) is 5.78. The Hall–Kier alpha value is -0.660. The van der Waals surface area contributed by atoms with Gasteiger partial charge in [-0.3, -0.25) is 0 Å². The molecule has 1 aliphatic rings. The summed E-state index contributed by atoms with van der Waals surface area (Å²) in [6, 6.07) is 0. The van der Waals surface area contributed by atoms with Crippen molar-refractivity contribution in [2.24, 2.45) is 0 Å². The zero-order valence-corrected chi connectivity index (χ0v) is 14.7. The van der Waals surface area contributed by atoms with Crippen LogP contribution >= 0.6 is 11.3 Å². The van der Waals surface area contributed by atoms with Gasteiger partial charge >= 0.3 is 0 Å². The van der Waals surface area contributed by atoms with E-state index in [0.717, 1.165) is 30.3 Å². The number of thiazole rings is 1. The Kier molecular flexibility index (Phi) is 5.62. The summed E-state index contributed by atoms with van der Waals surface area (Å²) < 4.78 is 23.1. The molecule has 0 aliphatic carbocycles. The quantitative estimate of drug-likeness (QED) is 0.808. The molecule has 0 atom stereocenters. The van der Waals surface area contributed by atoms with Gasteiger partial charge in [-0.25, -0.2) is 13.4 Å². The van der Waals surface area contributed by atoms with Gasteiger partial charge in [-0.15, -0.1) is 11.3 Å². The average molecular weight is 332 g/mol. The zero-order chi connectivity index (χ0) is 15.5. The van der Waals surface area contributed by atoms with Crippen molar-refractivity contribution in [1.29, 1.82) is 0 Å². The minimum atomic E-state index is -2.84. The summed E-state index contributed by atoms with van der Waals surface area (Å²) in [6.07, 6.45) is 1.12. The number of sulfone groups is 1. The van der Waals surface area contributed by atoms with E-state index in [1.54, 1.807) is 11.3 Å².